The molecule has 1 aliphatic heterocycles. The van der Waals surface area contributed by atoms with E-state index in [0.29, 0.717) is 18.1 Å². The summed E-state index contributed by atoms with van der Waals surface area (Å²) in [6, 6.07) is -0.0823. The van der Waals surface area contributed by atoms with Gasteiger partial charge in [0.05, 0.1) is 11.5 Å². The molecule has 2 rings (SSSR count). The summed E-state index contributed by atoms with van der Waals surface area (Å²) in [4.78, 5) is 8.28. The minimum Gasteiger partial charge on any atom is -0.366 e. The summed E-state index contributed by atoms with van der Waals surface area (Å²) < 4.78 is 22.9. The number of nitrogen functional groups attached to an aromatic ring is 1. The molecule has 1 fully saturated rings. The van der Waals surface area contributed by atoms with E-state index in [-0.39, 0.29) is 17.5 Å². The van der Waals surface area contributed by atoms with Crippen LogP contribution in [-0.4, -0.2) is 35.9 Å². The van der Waals surface area contributed by atoms with E-state index in [4.69, 9.17) is 5.84 Å². The smallest absolute Gasteiger partial charge is 0.152 e. The third-order valence-electron chi connectivity index (χ3n) is 3.16. The molecule has 1 saturated heterocycles. The van der Waals surface area contributed by atoms with Gasteiger partial charge in [0.25, 0.3) is 0 Å². The molecule has 0 aliphatic carbocycles. The van der Waals surface area contributed by atoms with Crippen LogP contribution in [0, 0.1) is 0 Å². The molecule has 0 spiro atoms. The normalized spacial score (nSPS) is 21.3. The van der Waals surface area contributed by atoms with Gasteiger partial charge < -0.3 is 10.7 Å². The molecule has 1 aromatic heterocycles. The highest BCUT2D eigenvalue weighted by Gasteiger charge is 2.28. The Hall–Kier alpha value is -1.41. The Labute approximate surface area is 112 Å². The molecule has 2 heterocycles. The van der Waals surface area contributed by atoms with Crippen molar-refractivity contribution >= 4 is 21.5 Å². The zero-order chi connectivity index (χ0) is 13.9. The first-order chi connectivity index (χ1) is 9.05. The van der Waals surface area contributed by atoms with Crippen LogP contribution in [0.15, 0.2) is 6.33 Å². The number of aromatic nitrogens is 2. The summed E-state index contributed by atoms with van der Waals surface area (Å²) in [5, 5.41) is 3.20. The molecule has 1 unspecified atom stereocenters. The lowest BCUT2D eigenvalue weighted by molar-refractivity contribution is 0.602. The van der Waals surface area contributed by atoms with Gasteiger partial charge in [0.1, 0.15) is 18.0 Å². The van der Waals surface area contributed by atoms with Crippen molar-refractivity contribution in [3.8, 4) is 0 Å². The van der Waals surface area contributed by atoms with E-state index in [0.717, 1.165) is 18.4 Å². The van der Waals surface area contributed by atoms with E-state index in [9.17, 15) is 8.42 Å². The third kappa shape index (κ3) is 3.32. The van der Waals surface area contributed by atoms with Crippen LogP contribution in [0.25, 0.3) is 0 Å². The number of sulfone groups is 1. The molecule has 7 nitrogen and oxygen atoms in total. The molecule has 8 heteroatoms. The Morgan fingerprint density at radius 1 is 1.42 bits per heavy atom. The lowest BCUT2D eigenvalue weighted by atomic mass is 10.1. The van der Waals surface area contributed by atoms with E-state index >= 15 is 0 Å². The van der Waals surface area contributed by atoms with Crippen molar-refractivity contribution in [3.05, 3.63) is 11.9 Å². The first-order valence-corrected chi connectivity index (χ1v) is 8.15. The van der Waals surface area contributed by atoms with Crippen molar-refractivity contribution in [2.24, 2.45) is 5.84 Å². The Balaban J connectivity index is 2.20. The maximum Gasteiger partial charge on any atom is 0.152 e. The predicted octanol–water partition coefficient (Wildman–Crippen LogP) is 0.314. The molecule has 0 amide bonds. The van der Waals surface area contributed by atoms with E-state index in [2.05, 4.69) is 27.6 Å². The number of hydrogen-bond acceptors (Lipinski definition) is 7. The lowest BCUT2D eigenvalue weighted by Crippen LogP contribution is -2.23. The summed E-state index contributed by atoms with van der Waals surface area (Å²) in [7, 11) is -2.90. The van der Waals surface area contributed by atoms with Gasteiger partial charge >= 0.3 is 0 Å². The first kappa shape index (κ1) is 14.0. The molecular formula is C11H19N5O2S. The van der Waals surface area contributed by atoms with E-state index < -0.39 is 9.84 Å². The maximum absolute atomic E-state index is 11.5. The standard InChI is InChI=1S/C11H19N5O2S/c1-2-3-9-10(13-7-14-11(9)16-12)15-8-4-5-19(17,18)6-8/h7-8H,2-6,12H2,1H3,(H2,13,14,15,16). The van der Waals surface area contributed by atoms with Crippen molar-refractivity contribution in [2.75, 3.05) is 22.2 Å². The van der Waals surface area contributed by atoms with Gasteiger partial charge in [-0.3, -0.25) is 0 Å². The van der Waals surface area contributed by atoms with Crippen LogP contribution in [0.2, 0.25) is 0 Å². The SMILES string of the molecule is CCCc1c(NN)ncnc1NC1CCS(=O)(=O)C1. The summed E-state index contributed by atoms with van der Waals surface area (Å²) in [5.74, 6) is 7.09. The molecule has 19 heavy (non-hydrogen) atoms. The second kappa shape index (κ2) is 5.70. The highest BCUT2D eigenvalue weighted by atomic mass is 32.2. The molecule has 4 N–H and O–H groups in total. The van der Waals surface area contributed by atoms with Gasteiger partial charge in [0, 0.05) is 11.6 Å². The van der Waals surface area contributed by atoms with Crippen LogP contribution in [-0.2, 0) is 16.3 Å². The Kier molecular flexibility index (Phi) is 4.20. The largest absolute Gasteiger partial charge is 0.366 e. The van der Waals surface area contributed by atoms with Crippen LogP contribution >= 0.6 is 0 Å². The van der Waals surface area contributed by atoms with Crippen LogP contribution in [0.5, 0.6) is 0 Å². The molecule has 0 radical (unpaired) electrons. The zero-order valence-electron chi connectivity index (χ0n) is 10.9. The highest BCUT2D eigenvalue weighted by Crippen LogP contribution is 2.24. The van der Waals surface area contributed by atoms with Crippen LogP contribution in [0.3, 0.4) is 0 Å². The predicted molar refractivity (Wildman–Crippen MR) is 74.5 cm³/mol. The third-order valence-corrected chi connectivity index (χ3v) is 4.92. The average Bonchev–Trinajstić information content (AvgIpc) is 2.71. The van der Waals surface area contributed by atoms with Crippen molar-refractivity contribution in [1.82, 2.24) is 9.97 Å². The molecular weight excluding hydrogens is 266 g/mol. The van der Waals surface area contributed by atoms with Gasteiger partial charge in [0.2, 0.25) is 0 Å². The van der Waals surface area contributed by atoms with Gasteiger partial charge in [-0.1, -0.05) is 13.3 Å². The second-order valence-electron chi connectivity index (χ2n) is 4.69. The summed E-state index contributed by atoms with van der Waals surface area (Å²) in [6.45, 7) is 2.05. The van der Waals surface area contributed by atoms with Gasteiger partial charge in [-0.25, -0.2) is 24.2 Å². The minimum atomic E-state index is -2.90. The monoisotopic (exact) mass is 285 g/mol. The number of nitrogens with zero attached hydrogens (tertiary/aromatic N) is 2. The number of hydrazine groups is 1. The van der Waals surface area contributed by atoms with Gasteiger partial charge in [-0.15, -0.1) is 0 Å². The number of hydrogen-bond donors (Lipinski definition) is 3. The second-order valence-corrected chi connectivity index (χ2v) is 6.92. The fourth-order valence-corrected chi connectivity index (χ4v) is 3.92. The van der Waals surface area contributed by atoms with Gasteiger partial charge in [-0.2, -0.15) is 0 Å². The molecule has 0 aromatic carbocycles. The average molecular weight is 285 g/mol. The summed E-state index contributed by atoms with van der Waals surface area (Å²) in [6.07, 6.45) is 3.74. The number of nitrogens with two attached hydrogens (primary N) is 1. The minimum absolute atomic E-state index is 0.0823. The fourth-order valence-electron chi connectivity index (χ4n) is 2.25. The highest BCUT2D eigenvalue weighted by molar-refractivity contribution is 7.91. The quantitative estimate of drug-likeness (QED) is 0.527. The Bertz CT molecular complexity index is 546. The summed E-state index contributed by atoms with van der Waals surface area (Å²) in [5.41, 5.74) is 3.45. The molecule has 1 aromatic rings. The van der Waals surface area contributed by atoms with Crippen LogP contribution in [0.4, 0.5) is 11.6 Å². The molecule has 1 aliphatic rings. The van der Waals surface area contributed by atoms with Crippen molar-refractivity contribution < 1.29 is 8.42 Å². The lowest BCUT2D eigenvalue weighted by Gasteiger charge is -2.16. The summed E-state index contributed by atoms with van der Waals surface area (Å²) >= 11 is 0. The van der Waals surface area contributed by atoms with Crippen molar-refractivity contribution in [1.29, 1.82) is 0 Å². The molecule has 1 atom stereocenters. The van der Waals surface area contributed by atoms with Crippen LogP contribution < -0.4 is 16.6 Å². The van der Waals surface area contributed by atoms with E-state index in [1.807, 2.05) is 0 Å². The Morgan fingerprint density at radius 3 is 2.74 bits per heavy atom. The topological polar surface area (TPSA) is 110 Å². The number of anilines is 2. The zero-order valence-corrected chi connectivity index (χ0v) is 11.7. The van der Waals surface area contributed by atoms with Crippen LogP contribution in [0.1, 0.15) is 25.3 Å². The van der Waals surface area contributed by atoms with Crippen molar-refractivity contribution in [3.63, 3.8) is 0 Å². The van der Waals surface area contributed by atoms with Crippen molar-refractivity contribution in [2.45, 2.75) is 32.2 Å². The van der Waals surface area contributed by atoms with E-state index in [1.165, 1.54) is 6.33 Å². The van der Waals surface area contributed by atoms with Gasteiger partial charge in [0.15, 0.2) is 9.84 Å². The number of rotatable bonds is 5. The Morgan fingerprint density at radius 2 is 2.16 bits per heavy atom. The maximum atomic E-state index is 11.5. The molecule has 0 saturated carbocycles. The first-order valence-electron chi connectivity index (χ1n) is 6.33. The van der Waals surface area contributed by atoms with E-state index in [1.54, 1.807) is 0 Å². The number of nitrogens with one attached hydrogen (secondary N) is 2. The molecule has 0 bridgehead atoms. The fraction of sp³-hybridized carbons (Fsp3) is 0.636. The van der Waals surface area contributed by atoms with Gasteiger partial charge in [-0.05, 0) is 12.8 Å². The molecule has 106 valence electrons.